The molecule has 1 saturated heterocycles. The molecule has 57 heavy (non-hydrogen) atoms. The first-order chi connectivity index (χ1) is 27.5. The van der Waals surface area contributed by atoms with E-state index < -0.39 is 53.9 Å². The highest BCUT2D eigenvalue weighted by molar-refractivity contribution is 5.96. The van der Waals surface area contributed by atoms with E-state index in [1.54, 1.807) is 6.20 Å². The molecule has 4 aromatic rings. The Morgan fingerprint density at radius 2 is 1.46 bits per heavy atom. The Morgan fingerprint density at radius 3 is 2.18 bits per heavy atom. The summed E-state index contributed by atoms with van der Waals surface area (Å²) < 4.78 is 0. The summed E-state index contributed by atoms with van der Waals surface area (Å²) in [6, 6.07) is 15.9. The Labute approximate surface area is 331 Å². The molecule has 0 unspecified atom stereocenters. The summed E-state index contributed by atoms with van der Waals surface area (Å²) >= 11 is 0. The van der Waals surface area contributed by atoms with E-state index in [4.69, 9.17) is 16.9 Å². The van der Waals surface area contributed by atoms with Crippen molar-refractivity contribution < 1.29 is 29.1 Å². The Bertz CT molecular complexity index is 2030. The molecule has 5 atom stereocenters. The van der Waals surface area contributed by atoms with Crippen LogP contribution in [0.3, 0.4) is 0 Å². The van der Waals surface area contributed by atoms with Crippen LogP contribution in [0, 0.1) is 5.41 Å². The number of fused-ring (bicyclic) bond motifs is 2. The molecule has 0 bridgehead atoms. The number of aliphatic carboxylic acids is 1. The number of unbranched alkanes of at least 4 members (excludes halogenated alkanes) is 1. The summed E-state index contributed by atoms with van der Waals surface area (Å²) in [6.45, 7) is 1.28. The maximum atomic E-state index is 14.3. The van der Waals surface area contributed by atoms with Crippen LogP contribution in [0.5, 0.6) is 0 Å². The third-order valence-corrected chi connectivity index (χ3v) is 10.2. The van der Waals surface area contributed by atoms with Gasteiger partial charge in [0.2, 0.25) is 23.6 Å². The Hall–Kier alpha value is -6.00. The van der Waals surface area contributed by atoms with Gasteiger partial charge in [-0.25, -0.2) is 4.79 Å². The van der Waals surface area contributed by atoms with Crippen LogP contribution in [0.2, 0.25) is 0 Å². The number of aromatic amines is 1. The van der Waals surface area contributed by atoms with E-state index in [1.807, 2.05) is 66.7 Å². The predicted molar refractivity (Wildman–Crippen MR) is 218 cm³/mol. The van der Waals surface area contributed by atoms with Crippen LogP contribution in [-0.4, -0.2) is 95.5 Å². The maximum Gasteiger partial charge on any atom is 0.326 e. The molecule has 304 valence electrons. The second-order valence-electron chi connectivity index (χ2n) is 14.4. The fourth-order valence-corrected chi connectivity index (χ4v) is 7.09. The van der Waals surface area contributed by atoms with E-state index in [0.29, 0.717) is 44.3 Å². The van der Waals surface area contributed by atoms with Gasteiger partial charge in [0.25, 0.3) is 0 Å². The standard InChI is InChI=1S/C41H54N10O6/c42-18-6-5-13-33(40(56)57)49-39(55)35(23-28-24-47-30-12-4-3-11-29(28)30)51-37(53)32(15-8-20-46-41(43)44)48-38(54)34(50-36(52)31-14-7-19-45-31)22-25-16-17-26-9-1-2-10-27(26)21-25/h1-4,9-12,16-17,21,24,31-35,45,47H,5-8,13-15,18-20,22-23,42H2,(H,48,54)(H,49,55)(H,50,52)(H,51,53)(H,56,57)(H4,43,44,46)/t31-,32-,33-,34+,35-/m0/s1. The van der Waals surface area contributed by atoms with Crippen molar-refractivity contribution in [3.05, 3.63) is 84.1 Å². The van der Waals surface area contributed by atoms with Gasteiger partial charge in [-0.05, 0) is 86.0 Å². The normalized spacial score (nSPS) is 15.9. The summed E-state index contributed by atoms with van der Waals surface area (Å²) in [7, 11) is 0. The lowest BCUT2D eigenvalue weighted by atomic mass is 9.99. The number of nitrogens with two attached hydrogens (primary N) is 2. The molecule has 1 aliphatic rings. The quantitative estimate of drug-likeness (QED) is 0.0327. The van der Waals surface area contributed by atoms with Crippen molar-refractivity contribution in [1.82, 2.24) is 36.9 Å². The molecule has 1 fully saturated rings. The van der Waals surface area contributed by atoms with Crippen LogP contribution in [0.4, 0.5) is 0 Å². The zero-order valence-corrected chi connectivity index (χ0v) is 31.9. The number of hydrogen-bond acceptors (Lipinski definition) is 8. The maximum absolute atomic E-state index is 14.3. The SMILES string of the molecule is N=C(N)NCCC[C@H](NC(=O)[C@@H](Cc1ccc2ccccc2c1)NC(=O)[C@@H]1CCCN1)C(=O)N[C@@H](Cc1c[nH]c2ccccc12)C(=O)N[C@@H](CCCCN)C(=O)O. The Morgan fingerprint density at radius 1 is 0.789 bits per heavy atom. The first-order valence-corrected chi connectivity index (χ1v) is 19.5. The summed E-state index contributed by atoms with van der Waals surface area (Å²) in [4.78, 5) is 71.1. The number of H-pyrrole nitrogens is 1. The van der Waals surface area contributed by atoms with Crippen molar-refractivity contribution >= 4 is 57.2 Å². The number of hydrogen-bond donors (Lipinski definition) is 11. The van der Waals surface area contributed by atoms with Gasteiger partial charge in [-0.15, -0.1) is 0 Å². The number of aromatic nitrogens is 1. The van der Waals surface area contributed by atoms with E-state index >= 15 is 0 Å². The number of carboxylic acid groups (broad SMARTS) is 1. The number of carboxylic acids is 1. The number of carbonyl (C=O) groups excluding carboxylic acids is 4. The topological polar surface area (TPSA) is 269 Å². The third kappa shape index (κ3) is 12.2. The van der Waals surface area contributed by atoms with E-state index in [-0.39, 0.29) is 44.1 Å². The van der Waals surface area contributed by atoms with Crippen molar-refractivity contribution in [1.29, 1.82) is 5.41 Å². The van der Waals surface area contributed by atoms with Gasteiger partial charge in [-0.1, -0.05) is 60.7 Å². The lowest BCUT2D eigenvalue weighted by Crippen LogP contribution is -2.59. The molecule has 1 aliphatic heterocycles. The van der Waals surface area contributed by atoms with Crippen LogP contribution >= 0.6 is 0 Å². The van der Waals surface area contributed by atoms with Crippen molar-refractivity contribution in [2.45, 2.75) is 88.0 Å². The average molecular weight is 783 g/mol. The van der Waals surface area contributed by atoms with E-state index in [1.165, 1.54) is 0 Å². The van der Waals surface area contributed by atoms with Crippen LogP contribution in [0.1, 0.15) is 56.1 Å². The molecule has 5 rings (SSSR count). The minimum Gasteiger partial charge on any atom is -0.480 e. The first kappa shape index (κ1) is 42.1. The number of benzene rings is 3. The zero-order valence-electron chi connectivity index (χ0n) is 31.9. The Kier molecular flexibility index (Phi) is 15.4. The fraction of sp³-hybridized carbons (Fsp3) is 0.415. The molecule has 0 spiro atoms. The number of rotatable bonds is 21. The van der Waals surface area contributed by atoms with Gasteiger partial charge in [-0.3, -0.25) is 24.6 Å². The highest BCUT2D eigenvalue weighted by atomic mass is 16.4. The smallest absolute Gasteiger partial charge is 0.326 e. The fourth-order valence-electron chi connectivity index (χ4n) is 7.09. The number of guanidine groups is 1. The number of carbonyl (C=O) groups is 5. The monoisotopic (exact) mass is 782 g/mol. The van der Waals surface area contributed by atoms with Crippen LogP contribution in [0.25, 0.3) is 21.7 Å². The van der Waals surface area contributed by atoms with Gasteiger partial charge >= 0.3 is 5.97 Å². The minimum absolute atomic E-state index is 0.0122. The van der Waals surface area contributed by atoms with Crippen LogP contribution < -0.4 is 43.4 Å². The summed E-state index contributed by atoms with van der Waals surface area (Å²) in [5, 5.41) is 37.3. The molecule has 2 heterocycles. The van der Waals surface area contributed by atoms with Crippen molar-refractivity contribution in [2.24, 2.45) is 11.5 Å². The van der Waals surface area contributed by atoms with Crippen molar-refractivity contribution in [3.8, 4) is 0 Å². The molecule has 13 N–H and O–H groups in total. The molecule has 4 amide bonds. The molecular weight excluding hydrogens is 729 g/mol. The van der Waals surface area contributed by atoms with Gasteiger partial charge in [0.05, 0.1) is 6.04 Å². The van der Waals surface area contributed by atoms with Crippen LogP contribution in [-0.2, 0) is 36.8 Å². The average Bonchev–Trinajstić information content (AvgIpc) is 3.89. The largest absolute Gasteiger partial charge is 0.480 e. The summed E-state index contributed by atoms with van der Waals surface area (Å²) in [5.74, 6) is -3.79. The van der Waals surface area contributed by atoms with Crippen molar-refractivity contribution in [3.63, 3.8) is 0 Å². The van der Waals surface area contributed by atoms with Gasteiger partial charge < -0.3 is 53.5 Å². The van der Waals surface area contributed by atoms with E-state index in [0.717, 1.165) is 33.7 Å². The second-order valence-corrected chi connectivity index (χ2v) is 14.4. The molecular formula is C41H54N10O6. The summed E-state index contributed by atoms with van der Waals surface area (Å²) in [5.41, 5.74) is 13.4. The molecule has 0 radical (unpaired) electrons. The van der Waals surface area contributed by atoms with Crippen molar-refractivity contribution in [2.75, 3.05) is 19.6 Å². The Balaban J connectivity index is 1.40. The number of nitrogens with one attached hydrogen (secondary N) is 8. The molecule has 16 heteroatoms. The number of para-hydroxylation sites is 1. The first-order valence-electron chi connectivity index (χ1n) is 19.5. The highest BCUT2D eigenvalue weighted by Crippen LogP contribution is 2.20. The van der Waals surface area contributed by atoms with Gasteiger partial charge in [-0.2, -0.15) is 0 Å². The van der Waals surface area contributed by atoms with Crippen LogP contribution in [0.15, 0.2) is 72.9 Å². The lowest BCUT2D eigenvalue weighted by Gasteiger charge is -2.27. The second kappa shape index (κ2) is 20.8. The lowest BCUT2D eigenvalue weighted by molar-refractivity contribution is -0.142. The van der Waals surface area contributed by atoms with Gasteiger partial charge in [0.15, 0.2) is 5.96 Å². The van der Waals surface area contributed by atoms with E-state index in [9.17, 15) is 29.1 Å². The molecule has 0 saturated carbocycles. The number of amides is 4. The highest BCUT2D eigenvalue weighted by Gasteiger charge is 2.33. The zero-order chi connectivity index (χ0) is 40.7. The van der Waals surface area contributed by atoms with Gasteiger partial charge in [0, 0.05) is 36.5 Å². The van der Waals surface area contributed by atoms with E-state index in [2.05, 4.69) is 36.9 Å². The third-order valence-electron chi connectivity index (χ3n) is 10.2. The summed E-state index contributed by atoms with van der Waals surface area (Å²) in [6.07, 6.45) is 4.92. The molecule has 16 nitrogen and oxygen atoms in total. The molecule has 0 aliphatic carbocycles. The molecule has 1 aromatic heterocycles. The van der Waals surface area contributed by atoms with Gasteiger partial charge in [0.1, 0.15) is 24.2 Å². The predicted octanol–water partition coefficient (Wildman–Crippen LogP) is 1.27. The minimum atomic E-state index is -1.23. The molecule has 3 aromatic carbocycles.